The number of hydrogen-bond donors (Lipinski definition) is 1. The first-order chi connectivity index (χ1) is 9.16. The number of unbranched alkanes of at least 4 members (excludes halogenated alkanes) is 1. The summed E-state index contributed by atoms with van der Waals surface area (Å²) in [5, 5.41) is 5.52. The molecule has 0 radical (unpaired) electrons. The van der Waals surface area contributed by atoms with Crippen molar-refractivity contribution in [2.75, 3.05) is 13.1 Å². The number of aromatic nitrogens is 1. The zero-order valence-electron chi connectivity index (χ0n) is 11.8. The molecule has 0 spiro atoms. The van der Waals surface area contributed by atoms with Crippen LogP contribution in [0.2, 0.25) is 5.02 Å². The van der Waals surface area contributed by atoms with Crippen molar-refractivity contribution in [3.05, 3.63) is 35.5 Å². The standard InChI is InChI=1S/C16H23ClN2/c1-13(2)12-18-8-3-4-9-19-10-7-14-11-15(17)5-6-16(14)19/h5-7,10-11,13,18H,3-4,8-9,12H2,1-2H3. The molecule has 0 unspecified atom stereocenters. The molecule has 0 saturated carbocycles. The van der Waals surface area contributed by atoms with Gasteiger partial charge < -0.3 is 9.88 Å². The van der Waals surface area contributed by atoms with Gasteiger partial charge in [0.2, 0.25) is 0 Å². The number of rotatable bonds is 7. The summed E-state index contributed by atoms with van der Waals surface area (Å²) in [4.78, 5) is 0. The molecule has 2 aromatic rings. The molecule has 0 saturated heterocycles. The van der Waals surface area contributed by atoms with E-state index in [0.717, 1.165) is 30.6 Å². The van der Waals surface area contributed by atoms with Crippen LogP contribution in [-0.2, 0) is 6.54 Å². The van der Waals surface area contributed by atoms with Crippen LogP contribution in [0.3, 0.4) is 0 Å². The van der Waals surface area contributed by atoms with Gasteiger partial charge in [-0.25, -0.2) is 0 Å². The van der Waals surface area contributed by atoms with Crippen molar-refractivity contribution in [1.82, 2.24) is 9.88 Å². The molecule has 1 heterocycles. The van der Waals surface area contributed by atoms with E-state index in [1.807, 2.05) is 12.1 Å². The molecular formula is C16H23ClN2. The molecule has 3 heteroatoms. The maximum atomic E-state index is 6.00. The molecule has 1 N–H and O–H groups in total. The fourth-order valence-electron chi connectivity index (χ4n) is 2.29. The number of benzene rings is 1. The minimum atomic E-state index is 0.734. The molecule has 2 rings (SSSR count). The molecule has 19 heavy (non-hydrogen) atoms. The summed E-state index contributed by atoms with van der Waals surface area (Å²) in [6, 6.07) is 8.23. The third-order valence-electron chi connectivity index (χ3n) is 3.29. The van der Waals surface area contributed by atoms with Crippen molar-refractivity contribution in [3.63, 3.8) is 0 Å². The maximum absolute atomic E-state index is 6.00. The Kier molecular flexibility index (Phi) is 5.29. The highest BCUT2D eigenvalue weighted by Gasteiger charge is 2.01. The summed E-state index contributed by atoms with van der Waals surface area (Å²) in [6.07, 6.45) is 4.58. The van der Waals surface area contributed by atoms with Crippen LogP contribution in [0.25, 0.3) is 10.9 Å². The van der Waals surface area contributed by atoms with Gasteiger partial charge in [0.05, 0.1) is 0 Å². The maximum Gasteiger partial charge on any atom is 0.0481 e. The molecule has 0 bridgehead atoms. The zero-order valence-corrected chi connectivity index (χ0v) is 12.6. The van der Waals surface area contributed by atoms with Gasteiger partial charge in [0.1, 0.15) is 0 Å². The molecule has 1 aromatic heterocycles. The minimum Gasteiger partial charge on any atom is -0.347 e. The number of hydrogen-bond acceptors (Lipinski definition) is 1. The summed E-state index contributed by atoms with van der Waals surface area (Å²) in [5.41, 5.74) is 1.28. The molecule has 0 atom stereocenters. The van der Waals surface area contributed by atoms with Gasteiger partial charge in [0, 0.05) is 28.7 Å². The third kappa shape index (κ3) is 4.26. The Balaban J connectivity index is 1.79. The number of nitrogens with zero attached hydrogens (tertiary/aromatic N) is 1. The zero-order chi connectivity index (χ0) is 13.7. The van der Waals surface area contributed by atoms with Crippen LogP contribution in [-0.4, -0.2) is 17.7 Å². The van der Waals surface area contributed by atoms with E-state index in [9.17, 15) is 0 Å². The smallest absolute Gasteiger partial charge is 0.0481 e. The van der Waals surface area contributed by atoms with E-state index in [4.69, 9.17) is 11.6 Å². The Labute approximate surface area is 120 Å². The molecule has 0 aliphatic rings. The first-order valence-corrected chi connectivity index (χ1v) is 7.50. The number of nitrogens with one attached hydrogen (secondary N) is 1. The van der Waals surface area contributed by atoms with Gasteiger partial charge >= 0.3 is 0 Å². The molecule has 0 amide bonds. The second kappa shape index (κ2) is 6.97. The van der Waals surface area contributed by atoms with Crippen LogP contribution in [0.4, 0.5) is 0 Å². The summed E-state index contributed by atoms with van der Waals surface area (Å²) in [7, 11) is 0. The number of fused-ring (bicyclic) bond motifs is 1. The Hall–Kier alpha value is -0.990. The molecule has 1 aromatic carbocycles. The van der Waals surface area contributed by atoms with Crippen LogP contribution in [0.15, 0.2) is 30.5 Å². The van der Waals surface area contributed by atoms with Crippen molar-refractivity contribution in [1.29, 1.82) is 0 Å². The quantitative estimate of drug-likeness (QED) is 0.747. The highest BCUT2D eigenvalue weighted by molar-refractivity contribution is 6.31. The molecule has 2 nitrogen and oxygen atoms in total. The summed E-state index contributed by atoms with van der Waals surface area (Å²) >= 11 is 6.00. The van der Waals surface area contributed by atoms with Gasteiger partial charge in [-0.3, -0.25) is 0 Å². The molecule has 0 aliphatic heterocycles. The van der Waals surface area contributed by atoms with Gasteiger partial charge in [0.15, 0.2) is 0 Å². The van der Waals surface area contributed by atoms with Gasteiger partial charge in [-0.1, -0.05) is 25.4 Å². The van der Waals surface area contributed by atoms with E-state index >= 15 is 0 Å². The predicted octanol–water partition coefficient (Wildman–Crippen LogP) is 4.32. The molecular weight excluding hydrogens is 256 g/mol. The lowest BCUT2D eigenvalue weighted by Crippen LogP contribution is -2.20. The first-order valence-electron chi connectivity index (χ1n) is 7.12. The largest absolute Gasteiger partial charge is 0.347 e. The monoisotopic (exact) mass is 278 g/mol. The van der Waals surface area contributed by atoms with E-state index in [0.29, 0.717) is 0 Å². The summed E-state index contributed by atoms with van der Waals surface area (Å²) in [6.45, 7) is 7.79. The van der Waals surface area contributed by atoms with Crippen molar-refractivity contribution >= 4 is 22.5 Å². The lowest BCUT2D eigenvalue weighted by molar-refractivity contribution is 0.522. The van der Waals surface area contributed by atoms with E-state index in [1.54, 1.807) is 0 Å². The fourth-order valence-corrected chi connectivity index (χ4v) is 2.47. The van der Waals surface area contributed by atoms with Gasteiger partial charge in [0.25, 0.3) is 0 Å². The third-order valence-corrected chi connectivity index (χ3v) is 3.52. The molecule has 0 aliphatic carbocycles. The predicted molar refractivity (Wildman–Crippen MR) is 83.9 cm³/mol. The average molecular weight is 279 g/mol. The summed E-state index contributed by atoms with van der Waals surface area (Å²) in [5.74, 6) is 0.734. The normalized spacial score (nSPS) is 11.6. The Morgan fingerprint density at radius 1 is 1.21 bits per heavy atom. The fraction of sp³-hybridized carbons (Fsp3) is 0.500. The van der Waals surface area contributed by atoms with Gasteiger partial charge in [-0.15, -0.1) is 0 Å². The average Bonchev–Trinajstić information content (AvgIpc) is 2.75. The van der Waals surface area contributed by atoms with Crippen LogP contribution in [0.1, 0.15) is 26.7 Å². The molecule has 104 valence electrons. The highest BCUT2D eigenvalue weighted by atomic mass is 35.5. The minimum absolute atomic E-state index is 0.734. The van der Waals surface area contributed by atoms with Crippen LogP contribution < -0.4 is 5.32 Å². The van der Waals surface area contributed by atoms with Crippen molar-refractivity contribution in [2.45, 2.75) is 33.2 Å². The van der Waals surface area contributed by atoms with Crippen molar-refractivity contribution < 1.29 is 0 Å². The summed E-state index contributed by atoms with van der Waals surface area (Å²) < 4.78 is 2.31. The van der Waals surface area contributed by atoms with Gasteiger partial charge in [-0.2, -0.15) is 0 Å². The Bertz CT molecular complexity index is 516. The van der Waals surface area contributed by atoms with Gasteiger partial charge in [-0.05, 0) is 56.1 Å². The second-order valence-electron chi connectivity index (χ2n) is 5.52. The lowest BCUT2D eigenvalue weighted by Gasteiger charge is -2.08. The van der Waals surface area contributed by atoms with Crippen LogP contribution in [0.5, 0.6) is 0 Å². The lowest BCUT2D eigenvalue weighted by atomic mass is 10.2. The number of halogens is 1. The first kappa shape index (κ1) is 14.4. The van der Waals surface area contributed by atoms with Crippen molar-refractivity contribution in [2.24, 2.45) is 5.92 Å². The van der Waals surface area contributed by atoms with Crippen molar-refractivity contribution in [3.8, 4) is 0 Å². The van der Waals surface area contributed by atoms with Crippen LogP contribution in [0, 0.1) is 5.92 Å². The number of aryl methyl sites for hydroxylation is 1. The topological polar surface area (TPSA) is 17.0 Å². The van der Waals surface area contributed by atoms with E-state index in [1.165, 1.54) is 23.7 Å². The Morgan fingerprint density at radius 2 is 2.05 bits per heavy atom. The van der Waals surface area contributed by atoms with Crippen LogP contribution >= 0.6 is 11.6 Å². The molecule has 0 fully saturated rings. The van der Waals surface area contributed by atoms with E-state index < -0.39 is 0 Å². The van der Waals surface area contributed by atoms with E-state index in [2.05, 4.69) is 42.1 Å². The SMILES string of the molecule is CC(C)CNCCCCn1ccc2cc(Cl)ccc21. The van der Waals surface area contributed by atoms with E-state index in [-0.39, 0.29) is 0 Å². The highest BCUT2D eigenvalue weighted by Crippen LogP contribution is 2.20. The Morgan fingerprint density at radius 3 is 2.84 bits per heavy atom. The second-order valence-corrected chi connectivity index (χ2v) is 5.95.